The van der Waals surface area contributed by atoms with Gasteiger partial charge in [-0.2, -0.15) is 0 Å². The van der Waals surface area contributed by atoms with Crippen molar-refractivity contribution in [2.24, 2.45) is 23.3 Å². The summed E-state index contributed by atoms with van der Waals surface area (Å²) < 4.78 is 23.9. The summed E-state index contributed by atoms with van der Waals surface area (Å²) in [4.78, 5) is 60.6. The maximum atomic E-state index is 12.0. The summed E-state index contributed by atoms with van der Waals surface area (Å²) in [7, 11) is 2.44. The quantitative estimate of drug-likeness (QED) is 0.107. The SMILES string of the molecule is C1CCOC1.C=CCOC(=O)N(CC(=O)OC)[C@@H](CC(C)C)C(N)=O.C=CCOC(=O)N(CC(=O)OC)[C@@H](CC(C)C)C(N)=S. The average Bonchev–Trinajstić information content (AvgIpc) is 3.58. The molecule has 1 aliphatic heterocycles. The summed E-state index contributed by atoms with van der Waals surface area (Å²) in [5, 5.41) is 0. The zero-order valence-electron chi connectivity index (χ0n) is 27.5. The van der Waals surface area contributed by atoms with Gasteiger partial charge < -0.3 is 35.2 Å². The Kier molecular flexibility index (Phi) is 24.7. The molecule has 4 N–H and O–H groups in total. The molecule has 258 valence electrons. The number of nitrogens with zero attached hydrogens (tertiary/aromatic N) is 2. The van der Waals surface area contributed by atoms with Crippen LogP contribution in [0.15, 0.2) is 25.3 Å². The summed E-state index contributed by atoms with van der Waals surface area (Å²) in [6.45, 7) is 15.9. The molecule has 45 heavy (non-hydrogen) atoms. The van der Waals surface area contributed by atoms with Crippen LogP contribution in [0.3, 0.4) is 0 Å². The number of hydrogen-bond acceptors (Lipinski definition) is 11. The fourth-order valence-electron chi connectivity index (χ4n) is 3.63. The van der Waals surface area contributed by atoms with Crippen molar-refractivity contribution in [1.29, 1.82) is 0 Å². The van der Waals surface area contributed by atoms with Gasteiger partial charge in [-0.25, -0.2) is 9.59 Å². The van der Waals surface area contributed by atoms with Crippen molar-refractivity contribution in [2.45, 2.75) is 65.5 Å². The average molecular weight is 661 g/mol. The number of amides is 3. The fourth-order valence-corrected chi connectivity index (χ4v) is 3.86. The third kappa shape index (κ3) is 20.8. The Bertz CT molecular complexity index is 879. The van der Waals surface area contributed by atoms with Crippen LogP contribution in [-0.4, -0.2) is 111 Å². The van der Waals surface area contributed by atoms with Crippen molar-refractivity contribution in [2.75, 3.05) is 53.7 Å². The van der Waals surface area contributed by atoms with Gasteiger partial charge in [0.1, 0.15) is 32.3 Å². The van der Waals surface area contributed by atoms with Crippen molar-refractivity contribution in [3.8, 4) is 0 Å². The highest BCUT2D eigenvalue weighted by molar-refractivity contribution is 7.80. The first-order valence-corrected chi connectivity index (χ1v) is 15.0. The predicted octanol–water partition coefficient (Wildman–Crippen LogP) is 2.97. The minimum Gasteiger partial charge on any atom is -0.468 e. The molecule has 0 aliphatic carbocycles. The first-order chi connectivity index (χ1) is 21.2. The van der Waals surface area contributed by atoms with E-state index in [-0.39, 0.29) is 36.6 Å². The third-order valence-electron chi connectivity index (χ3n) is 5.80. The van der Waals surface area contributed by atoms with E-state index in [1.807, 2.05) is 27.7 Å². The second kappa shape index (κ2) is 25.6. The van der Waals surface area contributed by atoms with Crippen LogP contribution in [-0.2, 0) is 38.1 Å². The van der Waals surface area contributed by atoms with Crippen LogP contribution in [0, 0.1) is 11.8 Å². The maximum Gasteiger partial charge on any atom is 0.411 e. The highest BCUT2D eigenvalue weighted by Gasteiger charge is 2.32. The molecule has 14 nitrogen and oxygen atoms in total. The molecule has 1 aliphatic rings. The zero-order valence-corrected chi connectivity index (χ0v) is 28.3. The molecule has 0 aromatic rings. The number of hydrogen-bond donors (Lipinski definition) is 2. The fraction of sp³-hybridized carbons (Fsp3) is 0.667. The number of nitrogens with two attached hydrogens (primary N) is 2. The summed E-state index contributed by atoms with van der Waals surface area (Å²) in [6, 6.07) is -1.48. The van der Waals surface area contributed by atoms with Gasteiger partial charge in [0.25, 0.3) is 0 Å². The van der Waals surface area contributed by atoms with E-state index in [9.17, 15) is 24.0 Å². The third-order valence-corrected chi connectivity index (χ3v) is 6.07. The van der Waals surface area contributed by atoms with Gasteiger partial charge in [-0.15, -0.1) is 0 Å². The number of ether oxygens (including phenoxy) is 5. The van der Waals surface area contributed by atoms with Crippen molar-refractivity contribution in [1.82, 2.24) is 9.80 Å². The lowest BCUT2D eigenvalue weighted by molar-refractivity contribution is -0.143. The van der Waals surface area contributed by atoms with Crippen LogP contribution < -0.4 is 11.5 Å². The predicted molar refractivity (Wildman–Crippen MR) is 173 cm³/mol. The van der Waals surface area contributed by atoms with Gasteiger partial charge in [0.05, 0.1) is 25.2 Å². The van der Waals surface area contributed by atoms with E-state index in [1.54, 1.807) is 0 Å². The van der Waals surface area contributed by atoms with Crippen LogP contribution in [0.1, 0.15) is 53.4 Å². The van der Waals surface area contributed by atoms with Crippen molar-refractivity contribution < 1.29 is 47.7 Å². The Balaban J connectivity index is 0. The minimum atomic E-state index is -0.925. The second-order valence-corrected chi connectivity index (χ2v) is 11.0. The molecule has 0 aromatic carbocycles. The number of carbonyl (C=O) groups is 5. The van der Waals surface area contributed by atoms with Gasteiger partial charge in [0, 0.05) is 13.2 Å². The Labute approximate surface area is 272 Å². The van der Waals surface area contributed by atoms with E-state index >= 15 is 0 Å². The van der Waals surface area contributed by atoms with Gasteiger partial charge in [0.15, 0.2) is 0 Å². The van der Waals surface area contributed by atoms with Gasteiger partial charge in [0.2, 0.25) is 5.91 Å². The minimum absolute atomic E-state index is 0.0241. The Morgan fingerprint density at radius 1 is 0.778 bits per heavy atom. The zero-order chi connectivity index (χ0) is 34.9. The topological polar surface area (TPSA) is 190 Å². The van der Waals surface area contributed by atoms with Gasteiger partial charge >= 0.3 is 24.1 Å². The number of carbonyl (C=O) groups excluding carboxylic acids is 5. The Morgan fingerprint density at radius 3 is 1.42 bits per heavy atom. The Morgan fingerprint density at radius 2 is 1.16 bits per heavy atom. The lowest BCUT2D eigenvalue weighted by Crippen LogP contribution is -2.51. The summed E-state index contributed by atoms with van der Waals surface area (Å²) >= 11 is 4.99. The molecule has 1 saturated heterocycles. The summed E-state index contributed by atoms with van der Waals surface area (Å²) in [5.74, 6) is -1.56. The maximum absolute atomic E-state index is 12.0. The first-order valence-electron chi connectivity index (χ1n) is 14.5. The van der Waals surface area contributed by atoms with Gasteiger partial charge in [-0.1, -0.05) is 65.2 Å². The second-order valence-electron chi connectivity index (χ2n) is 10.6. The highest BCUT2D eigenvalue weighted by atomic mass is 32.1. The van der Waals surface area contributed by atoms with E-state index in [4.69, 9.17) is 37.9 Å². The van der Waals surface area contributed by atoms with Crippen LogP contribution in [0.5, 0.6) is 0 Å². The molecule has 2 atom stereocenters. The summed E-state index contributed by atoms with van der Waals surface area (Å²) in [6.07, 6.45) is 4.77. The molecule has 15 heteroatoms. The van der Waals surface area contributed by atoms with Crippen molar-refractivity contribution >= 4 is 47.2 Å². The number of thiocarbonyl (C=S) groups is 1. The molecule has 0 unspecified atom stereocenters. The highest BCUT2D eigenvalue weighted by Crippen LogP contribution is 2.15. The molecule has 0 radical (unpaired) electrons. The van der Waals surface area contributed by atoms with Crippen LogP contribution in [0.4, 0.5) is 9.59 Å². The molecule has 1 rings (SSSR count). The first kappa shape index (κ1) is 43.4. The molecule has 1 fully saturated rings. The van der Waals surface area contributed by atoms with E-state index in [2.05, 4.69) is 22.6 Å². The molecule has 3 amide bonds. The van der Waals surface area contributed by atoms with Gasteiger partial charge in [-0.3, -0.25) is 24.2 Å². The molecular weight excluding hydrogens is 608 g/mol. The van der Waals surface area contributed by atoms with E-state index in [0.717, 1.165) is 18.1 Å². The molecule has 0 aromatic heterocycles. The standard InChI is InChI=1S/C13H22N2O5.C13H22N2O4S.C4H8O/c1-5-6-20-13(18)15(8-11(16)19-4)10(12(14)17)7-9(2)3;1-5-6-19-13(17)15(8-11(16)18-4)10(12(14)20)7-9(2)3;1-2-4-5-3-1/h5,9-10H,1,6-8H2,2-4H3,(H2,14,17);5,9-10H,1,6-8H2,2-4H3,(H2,14,20);1-4H2/t2*10-;/m00./s1. The lowest BCUT2D eigenvalue weighted by Gasteiger charge is -2.30. The monoisotopic (exact) mass is 660 g/mol. The number of primary amides is 1. The van der Waals surface area contributed by atoms with E-state index in [0.29, 0.717) is 12.8 Å². The molecule has 0 saturated carbocycles. The van der Waals surface area contributed by atoms with Crippen LogP contribution in [0.25, 0.3) is 0 Å². The molecule has 0 bridgehead atoms. The summed E-state index contributed by atoms with van der Waals surface area (Å²) in [5.41, 5.74) is 11.0. The van der Waals surface area contributed by atoms with Gasteiger partial charge in [-0.05, 0) is 37.5 Å². The van der Waals surface area contributed by atoms with Crippen LogP contribution >= 0.6 is 12.2 Å². The van der Waals surface area contributed by atoms with Crippen molar-refractivity contribution in [3.05, 3.63) is 25.3 Å². The number of rotatable bonds is 16. The molecule has 1 heterocycles. The lowest BCUT2D eigenvalue weighted by atomic mass is 10.0. The van der Waals surface area contributed by atoms with Crippen molar-refractivity contribution in [3.63, 3.8) is 0 Å². The smallest absolute Gasteiger partial charge is 0.411 e. The van der Waals surface area contributed by atoms with E-state index < -0.39 is 48.7 Å². The molecule has 0 spiro atoms. The normalized spacial score (nSPS) is 13.0. The number of esters is 2. The Hall–Kier alpha value is -3.72. The largest absolute Gasteiger partial charge is 0.468 e. The number of methoxy groups -OCH3 is 2. The van der Waals surface area contributed by atoms with Crippen LogP contribution in [0.2, 0.25) is 0 Å². The van der Waals surface area contributed by atoms with E-state index in [1.165, 1.54) is 44.1 Å². The molecular formula is C30H52N4O10S.